The lowest BCUT2D eigenvalue weighted by Crippen LogP contribution is -1.95. The number of nitrogens with zero attached hydrogens (tertiary/aromatic N) is 4. The SMILES string of the molecule is CCn1cc(-c2ccn(-c3ccc(N)cc3)n2)c(C)n1. The van der Waals surface area contributed by atoms with Crippen molar-refractivity contribution in [2.75, 3.05) is 5.73 Å². The lowest BCUT2D eigenvalue weighted by atomic mass is 10.2. The Morgan fingerprint density at radius 3 is 2.50 bits per heavy atom. The Kier molecular flexibility index (Phi) is 3.02. The van der Waals surface area contributed by atoms with Crippen LogP contribution in [0.5, 0.6) is 0 Å². The van der Waals surface area contributed by atoms with Crippen molar-refractivity contribution in [1.29, 1.82) is 0 Å². The van der Waals surface area contributed by atoms with Gasteiger partial charge in [0.2, 0.25) is 0 Å². The van der Waals surface area contributed by atoms with Crippen LogP contribution < -0.4 is 5.73 Å². The number of aromatic nitrogens is 4. The van der Waals surface area contributed by atoms with Crippen LogP contribution in [0.25, 0.3) is 16.9 Å². The van der Waals surface area contributed by atoms with Crippen LogP contribution >= 0.6 is 0 Å². The zero-order valence-electron chi connectivity index (χ0n) is 11.6. The third kappa shape index (κ3) is 2.18. The molecule has 3 aromatic rings. The minimum Gasteiger partial charge on any atom is -0.399 e. The van der Waals surface area contributed by atoms with E-state index in [0.717, 1.165) is 34.9 Å². The molecule has 20 heavy (non-hydrogen) atoms. The topological polar surface area (TPSA) is 61.7 Å². The average Bonchev–Trinajstić information content (AvgIpc) is 3.06. The predicted molar refractivity (Wildman–Crippen MR) is 79.6 cm³/mol. The Morgan fingerprint density at radius 1 is 1.10 bits per heavy atom. The summed E-state index contributed by atoms with van der Waals surface area (Å²) in [7, 11) is 0. The Balaban J connectivity index is 1.97. The number of rotatable bonds is 3. The fourth-order valence-electron chi connectivity index (χ4n) is 2.17. The predicted octanol–water partition coefficient (Wildman–Crippen LogP) is 2.65. The minimum atomic E-state index is 0.751. The van der Waals surface area contributed by atoms with Gasteiger partial charge in [-0.25, -0.2) is 4.68 Å². The smallest absolute Gasteiger partial charge is 0.0961 e. The molecule has 0 radical (unpaired) electrons. The fourth-order valence-corrected chi connectivity index (χ4v) is 2.17. The van der Waals surface area contributed by atoms with E-state index in [-0.39, 0.29) is 0 Å². The van der Waals surface area contributed by atoms with Crippen LogP contribution in [0.4, 0.5) is 5.69 Å². The second-order valence-corrected chi connectivity index (χ2v) is 4.72. The number of anilines is 1. The molecule has 3 rings (SSSR count). The summed E-state index contributed by atoms with van der Waals surface area (Å²) in [5, 5.41) is 9.06. The van der Waals surface area contributed by atoms with E-state index < -0.39 is 0 Å². The number of aryl methyl sites for hydroxylation is 2. The van der Waals surface area contributed by atoms with Crippen LogP contribution in [-0.4, -0.2) is 19.6 Å². The van der Waals surface area contributed by atoms with Gasteiger partial charge in [0.25, 0.3) is 0 Å². The first kappa shape index (κ1) is 12.5. The minimum absolute atomic E-state index is 0.751. The molecule has 1 aromatic carbocycles. The fraction of sp³-hybridized carbons (Fsp3) is 0.200. The molecular formula is C15H17N5. The maximum Gasteiger partial charge on any atom is 0.0961 e. The highest BCUT2D eigenvalue weighted by Crippen LogP contribution is 2.21. The van der Waals surface area contributed by atoms with Crippen molar-refractivity contribution in [3.8, 4) is 16.9 Å². The van der Waals surface area contributed by atoms with Gasteiger partial charge in [0.05, 0.1) is 17.1 Å². The summed E-state index contributed by atoms with van der Waals surface area (Å²) >= 11 is 0. The first-order valence-electron chi connectivity index (χ1n) is 6.63. The van der Waals surface area contributed by atoms with Crippen molar-refractivity contribution in [3.63, 3.8) is 0 Å². The summed E-state index contributed by atoms with van der Waals surface area (Å²) in [6, 6.07) is 9.65. The molecule has 102 valence electrons. The molecule has 0 aliphatic carbocycles. The van der Waals surface area contributed by atoms with Crippen LogP contribution in [0.1, 0.15) is 12.6 Å². The molecule has 0 saturated carbocycles. The Morgan fingerprint density at radius 2 is 1.85 bits per heavy atom. The van der Waals surface area contributed by atoms with E-state index in [9.17, 15) is 0 Å². The van der Waals surface area contributed by atoms with Gasteiger partial charge in [-0.2, -0.15) is 10.2 Å². The first-order chi connectivity index (χ1) is 9.67. The second-order valence-electron chi connectivity index (χ2n) is 4.72. The molecule has 5 nitrogen and oxygen atoms in total. The average molecular weight is 267 g/mol. The quantitative estimate of drug-likeness (QED) is 0.742. The van der Waals surface area contributed by atoms with Crippen molar-refractivity contribution in [3.05, 3.63) is 48.4 Å². The van der Waals surface area contributed by atoms with Gasteiger partial charge in [0.15, 0.2) is 0 Å². The van der Waals surface area contributed by atoms with Crippen molar-refractivity contribution < 1.29 is 0 Å². The highest BCUT2D eigenvalue weighted by Gasteiger charge is 2.10. The number of nitrogen functional groups attached to an aromatic ring is 1. The summed E-state index contributed by atoms with van der Waals surface area (Å²) in [6.45, 7) is 4.94. The molecule has 0 amide bonds. The molecule has 0 spiro atoms. The normalized spacial score (nSPS) is 10.9. The number of benzene rings is 1. The van der Waals surface area contributed by atoms with E-state index in [2.05, 4.69) is 17.1 Å². The highest BCUT2D eigenvalue weighted by atomic mass is 15.3. The van der Waals surface area contributed by atoms with Crippen molar-refractivity contribution in [1.82, 2.24) is 19.6 Å². The number of hydrogen-bond donors (Lipinski definition) is 1. The monoisotopic (exact) mass is 267 g/mol. The third-order valence-electron chi connectivity index (χ3n) is 3.29. The van der Waals surface area contributed by atoms with E-state index >= 15 is 0 Å². The van der Waals surface area contributed by atoms with Crippen molar-refractivity contribution in [2.24, 2.45) is 0 Å². The van der Waals surface area contributed by atoms with E-state index in [4.69, 9.17) is 5.73 Å². The lowest BCUT2D eigenvalue weighted by molar-refractivity contribution is 0.653. The van der Waals surface area contributed by atoms with Gasteiger partial charge in [-0.05, 0) is 44.2 Å². The molecule has 5 heteroatoms. The second kappa shape index (κ2) is 4.85. The molecule has 2 N–H and O–H groups in total. The summed E-state index contributed by atoms with van der Waals surface area (Å²) in [5.74, 6) is 0. The largest absolute Gasteiger partial charge is 0.399 e. The van der Waals surface area contributed by atoms with Gasteiger partial charge in [0.1, 0.15) is 0 Å². The molecule has 0 fully saturated rings. The lowest BCUT2D eigenvalue weighted by Gasteiger charge is -2.01. The van der Waals surface area contributed by atoms with Gasteiger partial charge in [-0.3, -0.25) is 4.68 Å². The van der Waals surface area contributed by atoms with Crippen LogP contribution in [-0.2, 0) is 6.54 Å². The van der Waals surface area contributed by atoms with Gasteiger partial charge in [-0.15, -0.1) is 0 Å². The highest BCUT2D eigenvalue weighted by molar-refractivity contribution is 5.61. The summed E-state index contributed by atoms with van der Waals surface area (Å²) in [4.78, 5) is 0. The van der Waals surface area contributed by atoms with Crippen LogP contribution in [0.15, 0.2) is 42.7 Å². The van der Waals surface area contributed by atoms with Crippen molar-refractivity contribution >= 4 is 5.69 Å². The Bertz CT molecular complexity index is 721. The van der Waals surface area contributed by atoms with E-state index in [1.54, 1.807) is 0 Å². The van der Waals surface area contributed by atoms with E-state index in [0.29, 0.717) is 0 Å². The molecule has 0 bridgehead atoms. The molecular weight excluding hydrogens is 250 g/mol. The molecule has 0 aliphatic heterocycles. The number of hydrogen-bond acceptors (Lipinski definition) is 3. The molecule has 0 aliphatic rings. The molecule has 2 heterocycles. The third-order valence-corrected chi connectivity index (χ3v) is 3.29. The maximum atomic E-state index is 5.70. The maximum absolute atomic E-state index is 5.70. The first-order valence-corrected chi connectivity index (χ1v) is 6.63. The summed E-state index contributed by atoms with van der Waals surface area (Å²) < 4.78 is 3.77. The van der Waals surface area contributed by atoms with Gasteiger partial charge < -0.3 is 5.73 Å². The molecule has 0 atom stereocenters. The van der Waals surface area contributed by atoms with Gasteiger partial charge in [-0.1, -0.05) is 0 Å². The van der Waals surface area contributed by atoms with Crippen LogP contribution in [0, 0.1) is 6.92 Å². The van der Waals surface area contributed by atoms with Crippen molar-refractivity contribution in [2.45, 2.75) is 20.4 Å². The zero-order chi connectivity index (χ0) is 14.1. The van der Waals surface area contributed by atoms with Gasteiger partial charge in [0, 0.05) is 30.2 Å². The van der Waals surface area contributed by atoms with Crippen LogP contribution in [0.3, 0.4) is 0 Å². The van der Waals surface area contributed by atoms with E-state index in [1.807, 2.05) is 59.0 Å². The molecule has 0 unspecified atom stereocenters. The zero-order valence-corrected chi connectivity index (χ0v) is 11.6. The molecule has 2 aromatic heterocycles. The summed E-state index contributed by atoms with van der Waals surface area (Å²) in [5.41, 5.74) is 10.4. The Labute approximate surface area is 117 Å². The van der Waals surface area contributed by atoms with E-state index in [1.165, 1.54) is 0 Å². The number of nitrogens with two attached hydrogens (primary N) is 1. The standard InChI is InChI=1S/C15H17N5/c1-3-19-10-14(11(2)17-19)15-8-9-20(18-15)13-6-4-12(16)5-7-13/h4-10H,3,16H2,1-2H3. The molecule has 0 saturated heterocycles. The summed E-state index contributed by atoms with van der Waals surface area (Å²) in [6.07, 6.45) is 3.98. The van der Waals surface area contributed by atoms with Crippen LogP contribution in [0.2, 0.25) is 0 Å². The van der Waals surface area contributed by atoms with Gasteiger partial charge >= 0.3 is 0 Å². The Hall–Kier alpha value is -2.56.